The predicted molar refractivity (Wildman–Crippen MR) is 45.9 cm³/mol. The van der Waals surface area contributed by atoms with E-state index in [9.17, 15) is 0 Å². The van der Waals surface area contributed by atoms with E-state index in [2.05, 4.69) is 13.0 Å². The van der Waals surface area contributed by atoms with Crippen molar-refractivity contribution < 1.29 is 0 Å². The minimum atomic E-state index is 0.679. The van der Waals surface area contributed by atoms with Crippen molar-refractivity contribution in [3.05, 3.63) is 12.2 Å². The van der Waals surface area contributed by atoms with Gasteiger partial charge in [0.15, 0.2) is 0 Å². The Hall–Kier alpha value is -0.770. The average Bonchev–Trinajstić information content (AvgIpc) is 2.01. The number of allylic oxidation sites excluding steroid dienone is 2. The molecule has 0 aromatic heterocycles. The van der Waals surface area contributed by atoms with E-state index in [1.165, 1.54) is 25.7 Å². The summed E-state index contributed by atoms with van der Waals surface area (Å²) >= 11 is 0. The first-order valence-electron chi connectivity index (χ1n) is 4.39. The van der Waals surface area contributed by atoms with E-state index in [-0.39, 0.29) is 0 Å². The number of hydrogen-bond acceptors (Lipinski definition) is 1. The maximum Gasteiger partial charge on any atom is 0.0908 e. The van der Waals surface area contributed by atoms with Gasteiger partial charge in [-0.2, -0.15) is 5.26 Å². The molecule has 1 aliphatic carbocycles. The largest absolute Gasteiger partial charge is 0.193 e. The molecular weight excluding hydrogens is 134 g/mol. The smallest absolute Gasteiger partial charge is 0.0908 e. The molecule has 0 bridgehead atoms. The summed E-state index contributed by atoms with van der Waals surface area (Å²) in [5.74, 6) is 1.54. The van der Waals surface area contributed by atoms with E-state index in [0.717, 1.165) is 5.92 Å². The quantitative estimate of drug-likeness (QED) is 0.526. The molecule has 1 saturated carbocycles. The zero-order valence-corrected chi connectivity index (χ0v) is 7.09. The van der Waals surface area contributed by atoms with Gasteiger partial charge in [-0.3, -0.25) is 0 Å². The summed E-state index contributed by atoms with van der Waals surface area (Å²) in [6.45, 7) is 2.30. The third-order valence-electron chi connectivity index (χ3n) is 2.42. The Morgan fingerprint density at radius 2 is 2.27 bits per heavy atom. The van der Waals surface area contributed by atoms with Gasteiger partial charge >= 0.3 is 0 Å². The highest BCUT2D eigenvalue weighted by Gasteiger charge is 2.15. The van der Waals surface area contributed by atoms with Crippen LogP contribution in [0.2, 0.25) is 0 Å². The second-order valence-electron chi connectivity index (χ2n) is 3.52. The molecule has 0 N–H and O–H groups in total. The van der Waals surface area contributed by atoms with Gasteiger partial charge in [0.1, 0.15) is 0 Å². The number of rotatable bonds is 1. The predicted octanol–water partition coefficient (Wildman–Crippen LogP) is 2.89. The highest BCUT2D eigenvalue weighted by molar-refractivity contribution is 5.04. The van der Waals surface area contributed by atoms with E-state index in [1.54, 1.807) is 6.08 Å². The monoisotopic (exact) mass is 149 g/mol. The van der Waals surface area contributed by atoms with Crippen molar-refractivity contribution in [2.75, 3.05) is 0 Å². The Morgan fingerprint density at radius 1 is 1.45 bits per heavy atom. The van der Waals surface area contributed by atoms with E-state index >= 15 is 0 Å². The molecule has 2 unspecified atom stereocenters. The van der Waals surface area contributed by atoms with Gasteiger partial charge in [-0.05, 0) is 24.7 Å². The van der Waals surface area contributed by atoms with Gasteiger partial charge < -0.3 is 0 Å². The molecular formula is C10H15N. The molecule has 1 fully saturated rings. The topological polar surface area (TPSA) is 23.8 Å². The average molecular weight is 149 g/mol. The molecule has 0 heterocycles. The summed E-state index contributed by atoms with van der Waals surface area (Å²) < 4.78 is 0. The fourth-order valence-electron chi connectivity index (χ4n) is 1.83. The lowest BCUT2D eigenvalue weighted by molar-refractivity contribution is 0.325. The van der Waals surface area contributed by atoms with Gasteiger partial charge in [0.05, 0.1) is 6.07 Å². The number of nitriles is 1. The van der Waals surface area contributed by atoms with E-state index in [4.69, 9.17) is 5.26 Å². The number of nitrogens with zero attached hydrogens (tertiary/aromatic N) is 1. The zero-order valence-electron chi connectivity index (χ0n) is 7.09. The van der Waals surface area contributed by atoms with Crippen LogP contribution in [0.5, 0.6) is 0 Å². The molecule has 0 radical (unpaired) electrons. The van der Waals surface area contributed by atoms with Gasteiger partial charge in [0, 0.05) is 6.08 Å². The molecule has 11 heavy (non-hydrogen) atoms. The van der Waals surface area contributed by atoms with Gasteiger partial charge in [-0.25, -0.2) is 0 Å². The Balaban J connectivity index is 2.35. The number of hydrogen-bond donors (Lipinski definition) is 0. The Morgan fingerprint density at radius 3 is 2.91 bits per heavy atom. The van der Waals surface area contributed by atoms with Gasteiger partial charge in [-0.1, -0.05) is 25.8 Å². The molecule has 60 valence electrons. The molecule has 0 aromatic carbocycles. The van der Waals surface area contributed by atoms with Crippen LogP contribution >= 0.6 is 0 Å². The van der Waals surface area contributed by atoms with Crippen molar-refractivity contribution in [3.63, 3.8) is 0 Å². The SMILES string of the molecule is CC1CCCC(C=CC#N)C1. The summed E-state index contributed by atoms with van der Waals surface area (Å²) in [6.07, 6.45) is 8.96. The summed E-state index contributed by atoms with van der Waals surface area (Å²) in [5, 5.41) is 8.33. The van der Waals surface area contributed by atoms with Crippen LogP contribution in [0.15, 0.2) is 12.2 Å². The Bertz CT molecular complexity index is 176. The van der Waals surface area contributed by atoms with Crippen molar-refractivity contribution in [2.24, 2.45) is 11.8 Å². The van der Waals surface area contributed by atoms with Crippen LogP contribution in [-0.2, 0) is 0 Å². The second kappa shape index (κ2) is 4.18. The summed E-state index contributed by atoms with van der Waals surface area (Å²) in [5.41, 5.74) is 0. The van der Waals surface area contributed by atoms with Crippen LogP contribution in [-0.4, -0.2) is 0 Å². The minimum Gasteiger partial charge on any atom is -0.193 e. The van der Waals surface area contributed by atoms with Crippen LogP contribution in [0.25, 0.3) is 0 Å². The fourth-order valence-corrected chi connectivity index (χ4v) is 1.83. The molecule has 0 amide bonds. The van der Waals surface area contributed by atoms with Crippen LogP contribution in [0.1, 0.15) is 32.6 Å². The standard InChI is InChI=1S/C10H15N/c1-9-4-2-5-10(8-9)6-3-7-11/h3,6,9-10H,2,4-5,8H2,1H3. The molecule has 0 saturated heterocycles. The van der Waals surface area contributed by atoms with Crippen molar-refractivity contribution in [1.29, 1.82) is 5.26 Å². The van der Waals surface area contributed by atoms with Gasteiger partial charge in [0.25, 0.3) is 0 Å². The lowest BCUT2D eigenvalue weighted by atomic mass is 9.82. The molecule has 1 heteroatoms. The first-order chi connectivity index (χ1) is 5.33. The maximum absolute atomic E-state index is 8.33. The van der Waals surface area contributed by atoms with Crippen molar-refractivity contribution in [2.45, 2.75) is 32.6 Å². The Labute approximate surface area is 68.7 Å². The molecule has 1 rings (SSSR count). The summed E-state index contributed by atoms with van der Waals surface area (Å²) in [6, 6.07) is 2.05. The molecule has 1 nitrogen and oxygen atoms in total. The minimum absolute atomic E-state index is 0.679. The van der Waals surface area contributed by atoms with Crippen LogP contribution in [0.3, 0.4) is 0 Å². The van der Waals surface area contributed by atoms with Crippen LogP contribution in [0.4, 0.5) is 0 Å². The Kier molecular flexibility index (Phi) is 3.16. The first-order valence-corrected chi connectivity index (χ1v) is 4.39. The molecule has 2 atom stereocenters. The lowest BCUT2D eigenvalue weighted by Gasteiger charge is -2.23. The normalized spacial score (nSPS) is 32.0. The van der Waals surface area contributed by atoms with Crippen LogP contribution in [0, 0.1) is 23.2 Å². The molecule has 1 aliphatic rings. The molecule has 0 aliphatic heterocycles. The third kappa shape index (κ3) is 2.76. The molecule has 0 spiro atoms. The van der Waals surface area contributed by atoms with Gasteiger partial charge in [-0.15, -0.1) is 0 Å². The van der Waals surface area contributed by atoms with Crippen molar-refractivity contribution >= 4 is 0 Å². The highest BCUT2D eigenvalue weighted by Crippen LogP contribution is 2.29. The van der Waals surface area contributed by atoms with Crippen molar-refractivity contribution in [3.8, 4) is 6.07 Å². The van der Waals surface area contributed by atoms with Crippen LogP contribution < -0.4 is 0 Å². The second-order valence-corrected chi connectivity index (χ2v) is 3.52. The fraction of sp³-hybridized carbons (Fsp3) is 0.700. The highest BCUT2D eigenvalue weighted by atomic mass is 14.2. The first kappa shape index (κ1) is 8.33. The third-order valence-corrected chi connectivity index (χ3v) is 2.42. The lowest BCUT2D eigenvalue weighted by Crippen LogP contribution is -2.10. The van der Waals surface area contributed by atoms with Crippen molar-refractivity contribution in [1.82, 2.24) is 0 Å². The van der Waals surface area contributed by atoms with E-state index in [1.807, 2.05) is 6.07 Å². The van der Waals surface area contributed by atoms with Gasteiger partial charge in [0.2, 0.25) is 0 Å². The zero-order chi connectivity index (χ0) is 8.10. The summed E-state index contributed by atoms with van der Waals surface area (Å²) in [7, 11) is 0. The maximum atomic E-state index is 8.33. The van der Waals surface area contributed by atoms with E-state index in [0.29, 0.717) is 5.92 Å². The summed E-state index contributed by atoms with van der Waals surface area (Å²) in [4.78, 5) is 0. The molecule has 0 aromatic rings. The van der Waals surface area contributed by atoms with E-state index < -0.39 is 0 Å².